The Hall–Kier alpha value is -1.90. The molecule has 3 rings (SSSR count). The van der Waals surface area contributed by atoms with Gasteiger partial charge in [-0.15, -0.1) is 28.1 Å². The zero-order valence-corrected chi connectivity index (χ0v) is 16.4. The zero-order chi connectivity index (χ0) is 17.6. The maximum absolute atomic E-state index is 12.7. The van der Waals surface area contributed by atoms with Crippen molar-refractivity contribution in [2.45, 2.75) is 17.5 Å². The van der Waals surface area contributed by atoms with Gasteiger partial charge in [0.15, 0.2) is 5.16 Å². The first kappa shape index (κ1) is 17.9. The summed E-state index contributed by atoms with van der Waals surface area (Å²) in [6, 6.07) is 11.6. The molecule has 2 aromatic heterocycles. The van der Waals surface area contributed by atoms with Crippen LogP contribution in [0, 0.1) is 0 Å². The molecule has 0 saturated heterocycles. The average molecular weight is 435 g/mol. The molecule has 0 amide bonds. The minimum absolute atomic E-state index is 0.199. The Bertz CT molecular complexity index is 907. The molecule has 1 N–H and O–H groups in total. The molecule has 1 aromatic carbocycles. The van der Waals surface area contributed by atoms with E-state index in [9.17, 15) is 4.79 Å². The molecule has 0 atom stereocenters. The molecule has 0 aliphatic rings. The highest BCUT2D eigenvalue weighted by molar-refractivity contribution is 9.10. The van der Waals surface area contributed by atoms with Crippen molar-refractivity contribution in [2.24, 2.45) is 0 Å². The third-order valence-corrected chi connectivity index (χ3v) is 5.86. The first-order valence-electron chi connectivity index (χ1n) is 7.43. The Morgan fingerprint density at radius 1 is 1.28 bits per heavy atom. The van der Waals surface area contributed by atoms with Gasteiger partial charge in [0.1, 0.15) is 0 Å². The summed E-state index contributed by atoms with van der Waals surface area (Å²) in [5.41, 5.74) is 0.560. The van der Waals surface area contributed by atoms with Gasteiger partial charge < -0.3 is 5.32 Å². The molecular formula is C17H15BrN4OS2. The summed E-state index contributed by atoms with van der Waals surface area (Å²) in [5, 5.41) is 14.0. The monoisotopic (exact) mass is 434 g/mol. The number of hydrogen-bond donors (Lipinski definition) is 1. The largest absolute Gasteiger partial charge is 0.334 e. The number of hydrogen-bond acceptors (Lipinski definition) is 6. The molecule has 25 heavy (non-hydrogen) atoms. The van der Waals surface area contributed by atoms with E-state index in [-0.39, 0.29) is 11.4 Å². The van der Waals surface area contributed by atoms with Crippen molar-refractivity contribution in [1.82, 2.24) is 14.8 Å². The lowest BCUT2D eigenvalue weighted by Crippen LogP contribution is -2.26. The summed E-state index contributed by atoms with van der Waals surface area (Å²) in [5.74, 6) is 0.951. The average Bonchev–Trinajstić information content (AvgIpc) is 3.13. The van der Waals surface area contributed by atoms with Gasteiger partial charge in [0.25, 0.3) is 5.56 Å². The van der Waals surface area contributed by atoms with Crippen molar-refractivity contribution in [3.05, 3.63) is 74.1 Å². The Morgan fingerprint density at radius 2 is 2.08 bits per heavy atom. The predicted molar refractivity (Wildman–Crippen MR) is 108 cm³/mol. The topological polar surface area (TPSA) is 59.8 Å². The number of thioether (sulfide) groups is 1. The summed E-state index contributed by atoms with van der Waals surface area (Å²) >= 11 is 6.56. The number of anilines is 2. The van der Waals surface area contributed by atoms with Crippen LogP contribution >= 0.6 is 39.0 Å². The molecule has 128 valence electrons. The number of halogens is 1. The number of nitrogens with one attached hydrogen (secondary N) is 1. The van der Waals surface area contributed by atoms with Gasteiger partial charge >= 0.3 is 0 Å². The molecule has 3 aromatic rings. The second kappa shape index (κ2) is 8.46. The van der Waals surface area contributed by atoms with Crippen LogP contribution in [-0.4, -0.2) is 14.8 Å². The predicted octanol–water partition coefficient (Wildman–Crippen LogP) is 4.68. The molecule has 0 bridgehead atoms. The van der Waals surface area contributed by atoms with Gasteiger partial charge in [0.2, 0.25) is 5.82 Å². The van der Waals surface area contributed by atoms with Gasteiger partial charge in [-0.2, -0.15) is 0 Å². The van der Waals surface area contributed by atoms with Gasteiger partial charge in [-0.1, -0.05) is 39.8 Å². The number of nitrogens with zero attached hydrogens (tertiary/aromatic N) is 3. The summed E-state index contributed by atoms with van der Waals surface area (Å²) in [7, 11) is 0. The molecule has 8 heteroatoms. The van der Waals surface area contributed by atoms with E-state index in [0.717, 1.165) is 15.9 Å². The zero-order valence-electron chi connectivity index (χ0n) is 13.2. The quantitative estimate of drug-likeness (QED) is 0.431. The fraction of sp³-hybridized carbons (Fsp3) is 0.118. The van der Waals surface area contributed by atoms with Crippen molar-refractivity contribution in [2.75, 3.05) is 5.32 Å². The Kier molecular flexibility index (Phi) is 6.06. The summed E-state index contributed by atoms with van der Waals surface area (Å²) in [6.45, 7) is 4.12. The fourth-order valence-electron chi connectivity index (χ4n) is 2.08. The third-order valence-electron chi connectivity index (χ3n) is 3.26. The van der Waals surface area contributed by atoms with Crippen LogP contribution in [-0.2, 0) is 12.3 Å². The minimum Gasteiger partial charge on any atom is -0.334 e. The first-order valence-corrected chi connectivity index (χ1v) is 10.1. The van der Waals surface area contributed by atoms with Crippen molar-refractivity contribution in [3.8, 4) is 0 Å². The fourth-order valence-corrected chi connectivity index (χ4v) is 4.06. The normalized spacial score (nSPS) is 10.6. The molecule has 5 nitrogen and oxygen atoms in total. The SMILES string of the molecule is C=CCn1c(SCc2cccs2)nnc(Nc2ccc(Br)cc2)c1=O. The van der Waals surface area contributed by atoms with Gasteiger partial charge in [0, 0.05) is 27.3 Å². The van der Waals surface area contributed by atoms with Crippen molar-refractivity contribution in [3.63, 3.8) is 0 Å². The molecule has 0 unspecified atom stereocenters. The Morgan fingerprint density at radius 3 is 2.76 bits per heavy atom. The van der Waals surface area contributed by atoms with Crippen LogP contribution in [0.15, 0.2) is 68.9 Å². The molecule has 0 saturated carbocycles. The van der Waals surface area contributed by atoms with E-state index in [2.05, 4.69) is 44.1 Å². The van der Waals surface area contributed by atoms with E-state index in [1.807, 2.05) is 35.7 Å². The van der Waals surface area contributed by atoms with Gasteiger partial charge in [0.05, 0.1) is 0 Å². The van der Waals surface area contributed by atoms with E-state index >= 15 is 0 Å². The van der Waals surface area contributed by atoms with Crippen LogP contribution in [0.5, 0.6) is 0 Å². The second-order valence-corrected chi connectivity index (χ2v) is 7.93. The number of allylic oxidation sites excluding steroid dienone is 1. The van der Waals surface area contributed by atoms with Crippen LogP contribution in [0.25, 0.3) is 0 Å². The highest BCUT2D eigenvalue weighted by Gasteiger charge is 2.12. The lowest BCUT2D eigenvalue weighted by Gasteiger charge is -2.11. The van der Waals surface area contributed by atoms with Crippen molar-refractivity contribution >= 4 is 50.5 Å². The van der Waals surface area contributed by atoms with E-state index in [1.165, 1.54) is 16.6 Å². The summed E-state index contributed by atoms with van der Waals surface area (Å²) in [4.78, 5) is 14.0. The van der Waals surface area contributed by atoms with Crippen LogP contribution < -0.4 is 10.9 Å². The molecule has 0 aliphatic carbocycles. The smallest absolute Gasteiger partial charge is 0.297 e. The van der Waals surface area contributed by atoms with Crippen molar-refractivity contribution in [1.29, 1.82) is 0 Å². The molecular weight excluding hydrogens is 420 g/mol. The molecule has 0 spiro atoms. The lowest BCUT2D eigenvalue weighted by atomic mass is 10.3. The third kappa shape index (κ3) is 4.59. The molecule has 0 radical (unpaired) electrons. The second-order valence-electron chi connectivity index (χ2n) is 5.04. The van der Waals surface area contributed by atoms with Crippen molar-refractivity contribution < 1.29 is 0 Å². The lowest BCUT2D eigenvalue weighted by molar-refractivity contribution is 0.626. The standard InChI is InChI=1S/C17H15BrN4OS2/c1-2-9-22-16(23)15(19-13-7-5-12(18)6-8-13)20-21-17(22)25-11-14-4-3-10-24-14/h2-8,10H,1,9,11H2,(H,19,20). The Labute approximate surface area is 161 Å². The van der Waals surface area contributed by atoms with Gasteiger partial charge in [-0.05, 0) is 35.7 Å². The number of aromatic nitrogens is 3. The Balaban J connectivity index is 1.85. The highest BCUT2D eigenvalue weighted by atomic mass is 79.9. The van der Waals surface area contributed by atoms with Crippen LogP contribution in [0.2, 0.25) is 0 Å². The number of thiophene rings is 1. The van der Waals surface area contributed by atoms with Crippen LogP contribution in [0.4, 0.5) is 11.5 Å². The van der Waals surface area contributed by atoms with Gasteiger partial charge in [-0.3, -0.25) is 9.36 Å². The number of rotatable bonds is 7. The van der Waals surface area contributed by atoms with E-state index in [1.54, 1.807) is 22.0 Å². The summed E-state index contributed by atoms with van der Waals surface area (Å²) < 4.78 is 2.55. The van der Waals surface area contributed by atoms with E-state index in [0.29, 0.717) is 11.7 Å². The summed E-state index contributed by atoms with van der Waals surface area (Å²) in [6.07, 6.45) is 1.68. The van der Waals surface area contributed by atoms with Crippen LogP contribution in [0.3, 0.4) is 0 Å². The maximum Gasteiger partial charge on any atom is 0.297 e. The van der Waals surface area contributed by atoms with E-state index in [4.69, 9.17) is 0 Å². The molecule has 0 fully saturated rings. The van der Waals surface area contributed by atoms with Crippen LogP contribution in [0.1, 0.15) is 4.88 Å². The highest BCUT2D eigenvalue weighted by Crippen LogP contribution is 2.23. The van der Waals surface area contributed by atoms with Gasteiger partial charge in [-0.25, -0.2) is 0 Å². The molecule has 2 heterocycles. The maximum atomic E-state index is 12.7. The molecule has 0 aliphatic heterocycles. The minimum atomic E-state index is -0.216. The number of benzene rings is 1. The first-order chi connectivity index (χ1) is 12.2. The van der Waals surface area contributed by atoms with E-state index < -0.39 is 0 Å².